The topological polar surface area (TPSA) is 33.6 Å². The van der Waals surface area contributed by atoms with Crippen LogP contribution >= 0.6 is 11.8 Å². The smallest absolute Gasteiger partial charge is 0.161 e. The van der Waals surface area contributed by atoms with E-state index in [-0.39, 0.29) is 0 Å². The Morgan fingerprint density at radius 2 is 2.00 bits per heavy atom. The highest BCUT2D eigenvalue weighted by atomic mass is 32.2. The summed E-state index contributed by atoms with van der Waals surface area (Å²) in [6, 6.07) is 8.10. The average Bonchev–Trinajstić information content (AvgIpc) is 2.83. The van der Waals surface area contributed by atoms with Crippen LogP contribution in [-0.2, 0) is 0 Å². The van der Waals surface area contributed by atoms with Crippen LogP contribution in [0.2, 0.25) is 0 Å². The molecule has 0 amide bonds. The fourth-order valence-corrected chi connectivity index (χ4v) is 3.63. The lowest BCUT2D eigenvalue weighted by atomic mass is 9.90. The lowest BCUT2D eigenvalue weighted by Gasteiger charge is -2.21. The Bertz CT molecular complexity index is 477. The van der Waals surface area contributed by atoms with E-state index in [0.717, 1.165) is 36.2 Å². The maximum atomic E-state index is 5.59. The SMILES string of the molecule is CCCOc1ccc(NC2=NCC(CC(C)(C)C)S2)cc1. The number of nitrogens with zero attached hydrogens (tertiary/aromatic N) is 1. The summed E-state index contributed by atoms with van der Waals surface area (Å²) in [6.45, 7) is 10.7. The molecule has 1 aromatic carbocycles. The van der Waals surface area contributed by atoms with E-state index in [9.17, 15) is 0 Å². The number of ether oxygens (including phenoxy) is 1. The summed E-state index contributed by atoms with van der Waals surface area (Å²) in [5, 5.41) is 5.03. The minimum absolute atomic E-state index is 0.362. The normalized spacial score (nSPS) is 18.5. The highest BCUT2D eigenvalue weighted by Crippen LogP contribution is 2.32. The predicted molar refractivity (Wildman–Crippen MR) is 93.6 cm³/mol. The monoisotopic (exact) mass is 306 g/mol. The van der Waals surface area contributed by atoms with E-state index in [1.54, 1.807) is 0 Å². The number of nitrogens with one attached hydrogen (secondary N) is 1. The van der Waals surface area contributed by atoms with Gasteiger partial charge in [0.1, 0.15) is 5.75 Å². The highest BCUT2D eigenvalue weighted by molar-refractivity contribution is 8.15. The molecule has 0 bridgehead atoms. The molecule has 21 heavy (non-hydrogen) atoms. The molecule has 0 saturated carbocycles. The molecule has 2 rings (SSSR count). The standard InChI is InChI=1S/C17H26N2OS/c1-5-10-20-14-8-6-13(7-9-14)19-16-18-12-15(21-16)11-17(2,3)4/h6-9,15H,5,10-12H2,1-4H3,(H,18,19). The van der Waals surface area contributed by atoms with Gasteiger partial charge in [-0.1, -0.05) is 39.5 Å². The molecule has 0 saturated heterocycles. The lowest BCUT2D eigenvalue weighted by molar-refractivity contribution is 0.317. The van der Waals surface area contributed by atoms with E-state index in [1.807, 2.05) is 36.0 Å². The highest BCUT2D eigenvalue weighted by Gasteiger charge is 2.24. The Morgan fingerprint density at radius 3 is 2.62 bits per heavy atom. The van der Waals surface area contributed by atoms with Crippen LogP contribution in [0, 0.1) is 5.41 Å². The summed E-state index contributed by atoms with van der Waals surface area (Å²) in [4.78, 5) is 4.61. The van der Waals surface area contributed by atoms with Gasteiger partial charge in [-0.25, -0.2) is 0 Å². The van der Waals surface area contributed by atoms with Gasteiger partial charge in [-0.15, -0.1) is 0 Å². The molecule has 1 aliphatic heterocycles. The number of aliphatic imine (C=N–C) groups is 1. The van der Waals surface area contributed by atoms with E-state index in [4.69, 9.17) is 4.74 Å². The molecular formula is C17H26N2OS. The lowest BCUT2D eigenvalue weighted by Crippen LogP contribution is -2.16. The third-order valence-electron chi connectivity index (χ3n) is 3.14. The van der Waals surface area contributed by atoms with Crippen LogP contribution in [0.3, 0.4) is 0 Å². The number of thioether (sulfide) groups is 1. The van der Waals surface area contributed by atoms with Gasteiger partial charge in [0.2, 0.25) is 0 Å². The molecule has 1 heterocycles. The summed E-state index contributed by atoms with van der Waals surface area (Å²) in [7, 11) is 0. The second-order valence-electron chi connectivity index (χ2n) is 6.65. The van der Waals surface area contributed by atoms with Crippen molar-refractivity contribution in [1.82, 2.24) is 0 Å². The number of hydrogen-bond acceptors (Lipinski definition) is 4. The minimum Gasteiger partial charge on any atom is -0.494 e. The van der Waals surface area contributed by atoms with Crippen molar-refractivity contribution >= 4 is 22.6 Å². The molecular weight excluding hydrogens is 280 g/mol. The zero-order valence-electron chi connectivity index (χ0n) is 13.5. The van der Waals surface area contributed by atoms with E-state index in [1.165, 1.54) is 6.42 Å². The first-order valence-electron chi connectivity index (χ1n) is 7.67. The Morgan fingerprint density at radius 1 is 1.29 bits per heavy atom. The first-order chi connectivity index (χ1) is 9.96. The van der Waals surface area contributed by atoms with Crippen LogP contribution < -0.4 is 10.1 Å². The molecule has 1 aliphatic rings. The summed E-state index contributed by atoms with van der Waals surface area (Å²) in [5.74, 6) is 0.925. The van der Waals surface area contributed by atoms with Crippen LogP contribution in [0.15, 0.2) is 29.3 Å². The van der Waals surface area contributed by atoms with E-state index < -0.39 is 0 Å². The van der Waals surface area contributed by atoms with Gasteiger partial charge in [0, 0.05) is 10.9 Å². The Hall–Kier alpha value is -1.16. The predicted octanol–water partition coefficient (Wildman–Crippen LogP) is 4.79. The van der Waals surface area contributed by atoms with E-state index in [0.29, 0.717) is 10.7 Å². The zero-order chi connectivity index (χ0) is 15.3. The molecule has 1 unspecified atom stereocenters. The van der Waals surface area contributed by atoms with Crippen molar-refractivity contribution in [3.63, 3.8) is 0 Å². The van der Waals surface area contributed by atoms with Crippen molar-refractivity contribution in [2.24, 2.45) is 10.4 Å². The Labute approximate surface area is 132 Å². The van der Waals surface area contributed by atoms with Gasteiger partial charge in [-0.3, -0.25) is 4.99 Å². The number of benzene rings is 1. The molecule has 1 N–H and O–H groups in total. The van der Waals surface area contributed by atoms with Crippen molar-refractivity contribution in [3.05, 3.63) is 24.3 Å². The van der Waals surface area contributed by atoms with Crippen molar-refractivity contribution in [2.75, 3.05) is 18.5 Å². The third kappa shape index (κ3) is 5.62. The summed E-state index contributed by atoms with van der Waals surface area (Å²) in [5.41, 5.74) is 1.43. The van der Waals surface area contributed by atoms with Gasteiger partial charge < -0.3 is 10.1 Å². The Kier molecular flexibility index (Phi) is 5.57. The first kappa shape index (κ1) is 16.2. The van der Waals surface area contributed by atoms with Gasteiger partial charge in [0.05, 0.1) is 13.2 Å². The van der Waals surface area contributed by atoms with E-state index >= 15 is 0 Å². The third-order valence-corrected chi connectivity index (χ3v) is 4.24. The second-order valence-corrected chi connectivity index (χ2v) is 7.94. The molecule has 1 aromatic rings. The van der Waals surface area contributed by atoms with Gasteiger partial charge in [0.25, 0.3) is 0 Å². The number of hydrogen-bond donors (Lipinski definition) is 1. The van der Waals surface area contributed by atoms with Crippen molar-refractivity contribution in [3.8, 4) is 5.75 Å². The summed E-state index contributed by atoms with van der Waals surface area (Å²) >= 11 is 1.86. The van der Waals surface area contributed by atoms with Crippen molar-refractivity contribution in [1.29, 1.82) is 0 Å². The number of anilines is 1. The largest absolute Gasteiger partial charge is 0.494 e. The average molecular weight is 306 g/mol. The Balaban J connectivity index is 1.83. The first-order valence-corrected chi connectivity index (χ1v) is 8.55. The molecule has 0 spiro atoms. The molecule has 116 valence electrons. The fraction of sp³-hybridized carbons (Fsp3) is 0.588. The van der Waals surface area contributed by atoms with Crippen LogP contribution in [0.4, 0.5) is 5.69 Å². The van der Waals surface area contributed by atoms with Crippen molar-refractivity contribution in [2.45, 2.75) is 45.8 Å². The van der Waals surface area contributed by atoms with Crippen molar-refractivity contribution < 1.29 is 4.74 Å². The molecule has 3 nitrogen and oxygen atoms in total. The molecule has 0 aliphatic carbocycles. The number of rotatable bonds is 5. The molecule has 4 heteroatoms. The molecule has 0 aromatic heterocycles. The maximum absolute atomic E-state index is 5.59. The quantitative estimate of drug-likeness (QED) is 0.848. The van der Waals surface area contributed by atoms with Gasteiger partial charge >= 0.3 is 0 Å². The summed E-state index contributed by atoms with van der Waals surface area (Å²) in [6.07, 6.45) is 2.22. The molecule has 0 fully saturated rings. The minimum atomic E-state index is 0.362. The number of amidine groups is 1. The second kappa shape index (κ2) is 7.21. The van der Waals surface area contributed by atoms with Gasteiger partial charge in [-0.05, 0) is 42.5 Å². The van der Waals surface area contributed by atoms with Crippen LogP contribution in [0.25, 0.3) is 0 Å². The van der Waals surface area contributed by atoms with Gasteiger partial charge in [0.15, 0.2) is 5.17 Å². The van der Waals surface area contributed by atoms with E-state index in [2.05, 4.69) is 38.0 Å². The zero-order valence-corrected chi connectivity index (χ0v) is 14.3. The fourth-order valence-electron chi connectivity index (χ4n) is 2.25. The summed E-state index contributed by atoms with van der Waals surface area (Å²) < 4.78 is 5.59. The molecule has 1 atom stereocenters. The maximum Gasteiger partial charge on any atom is 0.161 e. The van der Waals surface area contributed by atoms with Crippen LogP contribution in [-0.4, -0.2) is 23.6 Å². The van der Waals surface area contributed by atoms with Crippen LogP contribution in [0.5, 0.6) is 5.75 Å². The van der Waals surface area contributed by atoms with Crippen LogP contribution in [0.1, 0.15) is 40.5 Å². The molecule has 0 radical (unpaired) electrons. The van der Waals surface area contributed by atoms with Gasteiger partial charge in [-0.2, -0.15) is 0 Å².